The van der Waals surface area contributed by atoms with Crippen molar-refractivity contribution in [1.29, 1.82) is 0 Å². The molecule has 0 aromatic heterocycles. The summed E-state index contributed by atoms with van der Waals surface area (Å²) in [6.45, 7) is 4.25. The van der Waals surface area contributed by atoms with Crippen LogP contribution in [-0.2, 0) is 4.79 Å². The summed E-state index contributed by atoms with van der Waals surface area (Å²) in [6, 6.07) is -0.635. The Kier molecular flexibility index (Phi) is 35.9. The largest absolute Gasteiger partial charge is 0.394 e. The summed E-state index contributed by atoms with van der Waals surface area (Å²) in [6.07, 6.45) is 48.2. The van der Waals surface area contributed by atoms with E-state index in [1.165, 1.54) is 148 Å². The van der Waals surface area contributed by atoms with Gasteiger partial charge >= 0.3 is 0 Å². The van der Waals surface area contributed by atoms with E-state index in [-0.39, 0.29) is 12.5 Å². The molecule has 3 N–H and O–H groups in total. The van der Waals surface area contributed by atoms with Gasteiger partial charge in [-0.25, -0.2) is 0 Å². The van der Waals surface area contributed by atoms with Gasteiger partial charge in [0.25, 0.3) is 0 Å². The first-order valence-corrected chi connectivity index (χ1v) is 19.7. The molecule has 0 saturated carbocycles. The summed E-state index contributed by atoms with van der Waals surface area (Å²) in [4.78, 5) is 12.3. The first-order chi connectivity index (χ1) is 22.2. The Balaban J connectivity index is 3.54. The van der Waals surface area contributed by atoms with Gasteiger partial charge in [-0.15, -0.1) is 0 Å². The fourth-order valence-corrected chi connectivity index (χ4v) is 5.78. The van der Waals surface area contributed by atoms with Gasteiger partial charge in [-0.3, -0.25) is 4.79 Å². The van der Waals surface area contributed by atoms with Gasteiger partial charge < -0.3 is 15.5 Å². The van der Waals surface area contributed by atoms with E-state index in [1.54, 1.807) is 6.08 Å². The normalized spacial score (nSPS) is 13.4. The lowest BCUT2D eigenvalue weighted by Gasteiger charge is -2.19. The predicted octanol–water partition coefficient (Wildman–Crippen LogP) is 11.8. The van der Waals surface area contributed by atoms with E-state index in [9.17, 15) is 15.0 Å². The van der Waals surface area contributed by atoms with Gasteiger partial charge in [-0.05, 0) is 57.8 Å². The molecule has 0 heterocycles. The molecule has 0 rings (SSSR count). The molecule has 1 amide bonds. The molecule has 45 heavy (non-hydrogen) atoms. The Labute approximate surface area is 281 Å². The van der Waals surface area contributed by atoms with Gasteiger partial charge in [0, 0.05) is 6.42 Å². The third-order valence-corrected chi connectivity index (χ3v) is 8.85. The molecule has 0 spiro atoms. The molecule has 0 aliphatic rings. The molecule has 4 nitrogen and oxygen atoms in total. The van der Waals surface area contributed by atoms with Crippen molar-refractivity contribution < 1.29 is 15.0 Å². The number of rotatable bonds is 35. The van der Waals surface area contributed by atoms with Gasteiger partial charge in [-0.2, -0.15) is 0 Å². The molecule has 0 saturated heterocycles. The Bertz CT molecular complexity index is 686. The van der Waals surface area contributed by atoms with Crippen molar-refractivity contribution in [2.75, 3.05) is 6.61 Å². The standard InChI is InChI=1S/C41H77NO3/c1-3-5-7-9-11-13-15-16-17-18-19-20-21-22-23-24-25-26-27-29-31-33-35-37-41(45)42-39(38-43)40(44)36-34-32-30-28-14-12-10-8-6-4-2/h14,16-17,28,34,36,39-40,43-44H,3-13,15,18-27,29-33,35,37-38H2,1-2H3,(H,42,45)/b17-16+,28-14+,36-34+/t39-,40+/m0/s1. The van der Waals surface area contributed by atoms with Crippen molar-refractivity contribution in [3.8, 4) is 0 Å². The Hall–Kier alpha value is -1.39. The van der Waals surface area contributed by atoms with E-state index in [2.05, 4.69) is 43.5 Å². The Morgan fingerprint density at radius 2 is 0.867 bits per heavy atom. The SMILES string of the molecule is CCCCCC/C=C/CC/C=C/[C@@H](O)[C@H](CO)NC(=O)CCCCCCCCCCCCCCC/C=C/CCCCCCCC. The molecule has 0 unspecified atom stereocenters. The summed E-state index contributed by atoms with van der Waals surface area (Å²) in [5.74, 6) is -0.0764. The van der Waals surface area contributed by atoms with Crippen LogP contribution in [0.1, 0.15) is 200 Å². The lowest BCUT2D eigenvalue weighted by atomic mass is 10.0. The van der Waals surface area contributed by atoms with E-state index in [1.807, 2.05) is 6.08 Å². The van der Waals surface area contributed by atoms with Crippen LogP contribution in [0.5, 0.6) is 0 Å². The number of unbranched alkanes of at least 4 members (excludes halogenated alkanes) is 24. The second-order valence-corrected chi connectivity index (χ2v) is 13.3. The number of aliphatic hydroxyl groups excluding tert-OH is 2. The molecular weight excluding hydrogens is 554 g/mol. The van der Waals surface area contributed by atoms with Crippen LogP contribution in [0.2, 0.25) is 0 Å². The lowest BCUT2D eigenvalue weighted by molar-refractivity contribution is -0.123. The van der Waals surface area contributed by atoms with Crippen molar-refractivity contribution in [1.82, 2.24) is 5.32 Å². The first kappa shape index (κ1) is 43.6. The van der Waals surface area contributed by atoms with Crippen LogP contribution in [-0.4, -0.2) is 34.9 Å². The van der Waals surface area contributed by atoms with E-state index in [0.29, 0.717) is 6.42 Å². The average molecular weight is 632 g/mol. The maximum Gasteiger partial charge on any atom is 0.220 e. The maximum atomic E-state index is 12.3. The molecule has 4 heteroatoms. The average Bonchev–Trinajstić information content (AvgIpc) is 3.04. The molecule has 0 radical (unpaired) electrons. The van der Waals surface area contributed by atoms with Gasteiger partial charge in [-0.1, -0.05) is 172 Å². The summed E-state index contributed by atoms with van der Waals surface area (Å²) in [7, 11) is 0. The number of hydrogen-bond acceptors (Lipinski definition) is 3. The lowest BCUT2D eigenvalue weighted by Crippen LogP contribution is -2.45. The highest BCUT2D eigenvalue weighted by atomic mass is 16.3. The second-order valence-electron chi connectivity index (χ2n) is 13.3. The Morgan fingerprint density at radius 1 is 0.511 bits per heavy atom. The quantitative estimate of drug-likeness (QED) is 0.0481. The van der Waals surface area contributed by atoms with Gasteiger partial charge in [0.1, 0.15) is 0 Å². The first-order valence-electron chi connectivity index (χ1n) is 19.7. The number of aliphatic hydroxyl groups is 2. The fraction of sp³-hybridized carbons (Fsp3) is 0.829. The van der Waals surface area contributed by atoms with E-state index in [0.717, 1.165) is 32.1 Å². The highest BCUT2D eigenvalue weighted by molar-refractivity contribution is 5.76. The van der Waals surface area contributed by atoms with E-state index < -0.39 is 12.1 Å². The number of amides is 1. The van der Waals surface area contributed by atoms with Crippen molar-refractivity contribution in [3.05, 3.63) is 36.5 Å². The van der Waals surface area contributed by atoms with Gasteiger partial charge in [0.2, 0.25) is 5.91 Å². The minimum absolute atomic E-state index is 0.0764. The minimum Gasteiger partial charge on any atom is -0.394 e. The zero-order valence-corrected chi connectivity index (χ0v) is 30.1. The monoisotopic (exact) mass is 632 g/mol. The molecule has 0 aliphatic heterocycles. The van der Waals surface area contributed by atoms with Crippen LogP contribution in [0.15, 0.2) is 36.5 Å². The zero-order valence-electron chi connectivity index (χ0n) is 30.1. The third-order valence-electron chi connectivity index (χ3n) is 8.85. The molecule has 0 aliphatic carbocycles. The molecule has 0 fully saturated rings. The number of carbonyl (C=O) groups excluding carboxylic acids is 1. The highest BCUT2D eigenvalue weighted by Crippen LogP contribution is 2.14. The molecule has 0 aromatic carbocycles. The molecular formula is C41H77NO3. The summed E-state index contributed by atoms with van der Waals surface area (Å²) in [5.41, 5.74) is 0. The maximum absolute atomic E-state index is 12.3. The predicted molar refractivity (Wildman–Crippen MR) is 198 cm³/mol. The van der Waals surface area contributed by atoms with Crippen LogP contribution >= 0.6 is 0 Å². The second kappa shape index (κ2) is 37.1. The van der Waals surface area contributed by atoms with Crippen molar-refractivity contribution in [3.63, 3.8) is 0 Å². The molecule has 2 atom stereocenters. The van der Waals surface area contributed by atoms with Crippen LogP contribution in [0.3, 0.4) is 0 Å². The highest BCUT2D eigenvalue weighted by Gasteiger charge is 2.17. The summed E-state index contributed by atoms with van der Waals surface area (Å²) < 4.78 is 0. The van der Waals surface area contributed by atoms with Crippen LogP contribution in [0.4, 0.5) is 0 Å². The van der Waals surface area contributed by atoms with Gasteiger partial charge in [0.15, 0.2) is 0 Å². The molecule has 0 bridgehead atoms. The van der Waals surface area contributed by atoms with Gasteiger partial charge in [0.05, 0.1) is 18.8 Å². The van der Waals surface area contributed by atoms with Crippen LogP contribution < -0.4 is 5.32 Å². The van der Waals surface area contributed by atoms with Crippen molar-refractivity contribution in [2.45, 2.75) is 212 Å². The summed E-state index contributed by atoms with van der Waals surface area (Å²) in [5, 5.41) is 22.8. The minimum atomic E-state index is -0.858. The van der Waals surface area contributed by atoms with E-state index in [4.69, 9.17) is 0 Å². The third kappa shape index (κ3) is 33.8. The van der Waals surface area contributed by atoms with Crippen LogP contribution in [0.25, 0.3) is 0 Å². The molecule has 0 aromatic rings. The van der Waals surface area contributed by atoms with E-state index >= 15 is 0 Å². The Morgan fingerprint density at radius 3 is 1.31 bits per heavy atom. The number of hydrogen-bond donors (Lipinski definition) is 3. The zero-order chi connectivity index (χ0) is 32.9. The number of nitrogens with one attached hydrogen (secondary N) is 1. The molecule has 264 valence electrons. The topological polar surface area (TPSA) is 69.6 Å². The van der Waals surface area contributed by atoms with Crippen LogP contribution in [0, 0.1) is 0 Å². The van der Waals surface area contributed by atoms with Crippen molar-refractivity contribution >= 4 is 5.91 Å². The number of carbonyl (C=O) groups is 1. The number of allylic oxidation sites excluding steroid dienone is 5. The summed E-state index contributed by atoms with van der Waals surface area (Å²) >= 11 is 0. The fourth-order valence-electron chi connectivity index (χ4n) is 5.78. The van der Waals surface area contributed by atoms with Crippen molar-refractivity contribution in [2.24, 2.45) is 0 Å². The smallest absolute Gasteiger partial charge is 0.220 e.